The Bertz CT molecular complexity index is 603. The largest absolute Gasteiger partial charge is 0.389 e. The summed E-state index contributed by atoms with van der Waals surface area (Å²) < 4.78 is 1.88. The molecule has 0 bridgehead atoms. The third-order valence-corrected chi connectivity index (χ3v) is 3.90. The van der Waals surface area contributed by atoms with E-state index >= 15 is 0 Å². The molecule has 0 aliphatic carbocycles. The van der Waals surface area contributed by atoms with E-state index in [2.05, 4.69) is 22.3 Å². The van der Waals surface area contributed by atoms with Crippen molar-refractivity contribution in [1.29, 1.82) is 0 Å². The molecule has 2 atom stereocenters. The monoisotopic (exact) mass is 276 g/mol. The Labute approximate surface area is 120 Å². The third kappa shape index (κ3) is 2.99. The predicted octanol–water partition coefficient (Wildman–Crippen LogP) is 2.16. The molecular weight excluding hydrogens is 252 g/mol. The molecule has 5 nitrogen and oxygen atoms in total. The molecule has 0 saturated carbocycles. The Morgan fingerprint density at radius 2 is 2.15 bits per heavy atom. The molecule has 2 unspecified atom stereocenters. The van der Waals surface area contributed by atoms with Crippen LogP contribution in [0, 0.1) is 13.8 Å². The van der Waals surface area contributed by atoms with E-state index in [4.69, 9.17) is 0 Å². The molecule has 0 spiro atoms. The van der Waals surface area contributed by atoms with Gasteiger partial charge in [-0.2, -0.15) is 5.10 Å². The van der Waals surface area contributed by atoms with Gasteiger partial charge in [0.15, 0.2) is 5.65 Å². The van der Waals surface area contributed by atoms with Crippen LogP contribution >= 0.6 is 0 Å². The topological polar surface area (TPSA) is 62.5 Å². The van der Waals surface area contributed by atoms with Crippen LogP contribution in [0.4, 0.5) is 0 Å². The molecule has 20 heavy (non-hydrogen) atoms. The molecule has 0 aliphatic rings. The van der Waals surface area contributed by atoms with E-state index in [1.807, 2.05) is 44.5 Å². The maximum absolute atomic E-state index is 10.1. The Morgan fingerprint density at radius 3 is 2.80 bits per heavy atom. The number of aryl methyl sites for hydroxylation is 2. The second kappa shape index (κ2) is 5.50. The minimum atomic E-state index is -0.679. The maximum atomic E-state index is 10.1. The van der Waals surface area contributed by atoms with Crippen molar-refractivity contribution in [3.8, 4) is 0 Å². The summed E-state index contributed by atoms with van der Waals surface area (Å²) >= 11 is 0. The minimum absolute atomic E-state index is 0.120. The van der Waals surface area contributed by atoms with Gasteiger partial charge in [0.05, 0.1) is 11.3 Å². The molecule has 2 aromatic heterocycles. The van der Waals surface area contributed by atoms with Crippen molar-refractivity contribution in [3.63, 3.8) is 0 Å². The first kappa shape index (κ1) is 14.9. The van der Waals surface area contributed by atoms with E-state index < -0.39 is 5.60 Å². The molecule has 0 fully saturated rings. The number of hydrogen-bond donors (Lipinski definition) is 2. The minimum Gasteiger partial charge on any atom is -0.389 e. The van der Waals surface area contributed by atoms with Crippen molar-refractivity contribution in [3.05, 3.63) is 29.2 Å². The van der Waals surface area contributed by atoms with Crippen LogP contribution in [-0.2, 0) is 0 Å². The summed E-state index contributed by atoms with van der Waals surface area (Å²) in [6.45, 7) is 10.5. The van der Waals surface area contributed by atoms with Gasteiger partial charge in [-0.1, -0.05) is 6.92 Å². The summed E-state index contributed by atoms with van der Waals surface area (Å²) in [5.74, 6) is 0. The quantitative estimate of drug-likeness (QED) is 0.878. The van der Waals surface area contributed by atoms with Gasteiger partial charge in [0.2, 0.25) is 0 Å². The zero-order valence-electron chi connectivity index (χ0n) is 12.9. The van der Waals surface area contributed by atoms with E-state index in [-0.39, 0.29) is 6.04 Å². The van der Waals surface area contributed by atoms with Crippen molar-refractivity contribution in [2.45, 2.75) is 52.7 Å². The Morgan fingerprint density at radius 1 is 1.45 bits per heavy atom. The van der Waals surface area contributed by atoms with E-state index in [9.17, 15) is 5.11 Å². The zero-order chi connectivity index (χ0) is 14.9. The van der Waals surface area contributed by atoms with Crippen molar-refractivity contribution in [1.82, 2.24) is 19.9 Å². The predicted molar refractivity (Wildman–Crippen MR) is 79.8 cm³/mol. The fraction of sp³-hybridized carbons (Fsp3) is 0.600. The lowest BCUT2D eigenvalue weighted by Crippen LogP contribution is -2.38. The lowest BCUT2D eigenvalue weighted by molar-refractivity contribution is 0.0533. The van der Waals surface area contributed by atoms with Gasteiger partial charge in [0.1, 0.15) is 0 Å². The Hall–Kier alpha value is -1.46. The smallest absolute Gasteiger partial charge is 0.155 e. The Balaban J connectivity index is 2.22. The van der Waals surface area contributed by atoms with Crippen LogP contribution in [0.1, 0.15) is 50.2 Å². The fourth-order valence-electron chi connectivity index (χ4n) is 2.21. The second-order valence-corrected chi connectivity index (χ2v) is 5.81. The van der Waals surface area contributed by atoms with Crippen LogP contribution in [0.3, 0.4) is 0 Å². The third-order valence-electron chi connectivity index (χ3n) is 3.90. The molecule has 0 aromatic carbocycles. The van der Waals surface area contributed by atoms with Crippen LogP contribution in [-0.4, -0.2) is 31.9 Å². The number of rotatable bonds is 5. The highest BCUT2D eigenvalue weighted by Crippen LogP contribution is 2.19. The molecule has 2 rings (SSSR count). The molecule has 0 aliphatic heterocycles. The highest BCUT2D eigenvalue weighted by atomic mass is 16.3. The summed E-state index contributed by atoms with van der Waals surface area (Å²) in [7, 11) is 0. The summed E-state index contributed by atoms with van der Waals surface area (Å²) in [6.07, 6.45) is 2.62. The van der Waals surface area contributed by atoms with Gasteiger partial charge in [-0.15, -0.1) is 0 Å². The fourth-order valence-corrected chi connectivity index (χ4v) is 2.21. The summed E-state index contributed by atoms with van der Waals surface area (Å²) in [4.78, 5) is 4.45. The summed E-state index contributed by atoms with van der Waals surface area (Å²) in [5.41, 5.74) is 3.35. The second-order valence-electron chi connectivity index (χ2n) is 5.81. The highest BCUT2D eigenvalue weighted by Gasteiger charge is 2.20. The first-order chi connectivity index (χ1) is 9.34. The lowest BCUT2D eigenvalue weighted by atomic mass is 10.0. The first-order valence-corrected chi connectivity index (χ1v) is 7.11. The number of aliphatic hydroxyl groups is 1. The van der Waals surface area contributed by atoms with Crippen molar-refractivity contribution in [2.75, 3.05) is 6.54 Å². The normalized spacial score (nSPS) is 16.3. The van der Waals surface area contributed by atoms with Gasteiger partial charge < -0.3 is 10.4 Å². The number of aromatic nitrogens is 3. The molecule has 0 amide bonds. The van der Waals surface area contributed by atoms with E-state index in [1.165, 1.54) is 0 Å². The van der Waals surface area contributed by atoms with Gasteiger partial charge in [-0.25, -0.2) is 9.50 Å². The van der Waals surface area contributed by atoms with Crippen molar-refractivity contribution >= 4 is 5.65 Å². The average Bonchev–Trinajstić information content (AvgIpc) is 2.78. The first-order valence-electron chi connectivity index (χ1n) is 7.11. The average molecular weight is 276 g/mol. The Kier molecular flexibility index (Phi) is 4.11. The van der Waals surface area contributed by atoms with E-state index in [0.717, 1.165) is 29.0 Å². The number of fused-ring (bicyclic) bond motifs is 1. The van der Waals surface area contributed by atoms with Gasteiger partial charge >= 0.3 is 0 Å². The maximum Gasteiger partial charge on any atom is 0.155 e. The standard InChI is InChI=1S/C15H24N4O/c1-6-15(5,20)9-17-11(3)13-8-16-14-7-10(2)18-19(14)12(13)4/h7-8,11,17,20H,6,9H2,1-5H3. The number of nitrogens with one attached hydrogen (secondary N) is 1. The molecule has 5 heteroatoms. The van der Waals surface area contributed by atoms with Gasteiger partial charge in [-0.3, -0.25) is 0 Å². The summed E-state index contributed by atoms with van der Waals surface area (Å²) in [5, 5.41) is 17.9. The molecule has 0 saturated heterocycles. The van der Waals surface area contributed by atoms with Crippen LogP contribution in [0.5, 0.6) is 0 Å². The van der Waals surface area contributed by atoms with Crippen molar-refractivity contribution < 1.29 is 5.11 Å². The number of hydrogen-bond acceptors (Lipinski definition) is 4. The van der Waals surface area contributed by atoms with Crippen LogP contribution < -0.4 is 5.32 Å². The van der Waals surface area contributed by atoms with Gasteiger partial charge in [-0.05, 0) is 34.1 Å². The van der Waals surface area contributed by atoms with Crippen molar-refractivity contribution in [2.24, 2.45) is 0 Å². The van der Waals surface area contributed by atoms with E-state index in [1.54, 1.807) is 0 Å². The highest BCUT2D eigenvalue weighted by molar-refractivity contribution is 5.42. The summed E-state index contributed by atoms with van der Waals surface area (Å²) in [6, 6.07) is 2.09. The van der Waals surface area contributed by atoms with Crippen LogP contribution in [0.2, 0.25) is 0 Å². The molecule has 2 N–H and O–H groups in total. The lowest BCUT2D eigenvalue weighted by Gasteiger charge is -2.25. The molecule has 2 aromatic rings. The zero-order valence-corrected chi connectivity index (χ0v) is 12.9. The number of nitrogens with zero attached hydrogens (tertiary/aromatic N) is 3. The molecule has 0 radical (unpaired) electrons. The SMILES string of the molecule is CCC(C)(O)CNC(C)c1cnc2cc(C)nn2c1C. The molecule has 110 valence electrons. The van der Waals surface area contributed by atoms with Crippen LogP contribution in [0.15, 0.2) is 12.3 Å². The van der Waals surface area contributed by atoms with Gasteiger partial charge in [0.25, 0.3) is 0 Å². The molecular formula is C15H24N4O. The molecule has 2 heterocycles. The van der Waals surface area contributed by atoms with E-state index in [0.29, 0.717) is 6.54 Å². The van der Waals surface area contributed by atoms with Gasteiger partial charge in [0, 0.05) is 36.1 Å². The van der Waals surface area contributed by atoms with Crippen LogP contribution in [0.25, 0.3) is 5.65 Å².